The summed E-state index contributed by atoms with van der Waals surface area (Å²) < 4.78 is 12.6. The van der Waals surface area contributed by atoms with E-state index < -0.39 is 33.8 Å². The van der Waals surface area contributed by atoms with Crippen molar-refractivity contribution >= 4 is 22.0 Å². The molecule has 4 heterocycles. The molecular formula is C29H33N3O6S. The van der Waals surface area contributed by atoms with Crippen LogP contribution in [0.5, 0.6) is 5.75 Å². The van der Waals surface area contributed by atoms with E-state index in [1.165, 1.54) is 30.9 Å². The van der Waals surface area contributed by atoms with Gasteiger partial charge in [0, 0.05) is 30.1 Å². The fraction of sp³-hybridized carbons (Fsp3) is 0.448. The monoisotopic (exact) mass is 551 g/mol. The number of carbonyl (C=O) groups excluding carboxylic acids is 2. The van der Waals surface area contributed by atoms with Crippen LogP contribution in [0.4, 0.5) is 0 Å². The Morgan fingerprint density at radius 2 is 1.95 bits per heavy atom. The van der Waals surface area contributed by atoms with Gasteiger partial charge in [0.15, 0.2) is 4.90 Å². The van der Waals surface area contributed by atoms with Gasteiger partial charge in [-0.25, -0.2) is 9.78 Å². The number of para-hydroxylation sites is 1. The average molecular weight is 552 g/mol. The third kappa shape index (κ3) is 4.69. The molecule has 2 aliphatic heterocycles. The second-order valence-electron chi connectivity index (χ2n) is 10.7. The Morgan fingerprint density at radius 1 is 1.23 bits per heavy atom. The second kappa shape index (κ2) is 10.7. The Balaban J connectivity index is 1.69. The molecular weight excluding hydrogens is 518 g/mol. The molecule has 206 valence electrons. The maximum absolute atomic E-state index is 14.3. The lowest BCUT2D eigenvalue weighted by Gasteiger charge is -2.34. The summed E-state index contributed by atoms with van der Waals surface area (Å²) in [7, 11) is 2.13. The highest BCUT2D eigenvalue weighted by atomic mass is 32.2. The van der Waals surface area contributed by atoms with Crippen molar-refractivity contribution in [2.45, 2.75) is 50.0 Å². The number of benzene rings is 1. The predicted molar refractivity (Wildman–Crippen MR) is 145 cm³/mol. The molecule has 1 fully saturated rings. The molecule has 0 aliphatic carbocycles. The average Bonchev–Trinajstić information content (AvgIpc) is 3.56. The van der Waals surface area contributed by atoms with Gasteiger partial charge in [-0.15, -0.1) is 0 Å². The summed E-state index contributed by atoms with van der Waals surface area (Å²) in [5.41, 5.74) is -0.353. The van der Waals surface area contributed by atoms with Gasteiger partial charge in [-0.2, -0.15) is 0 Å². The zero-order valence-corrected chi connectivity index (χ0v) is 23.5. The molecule has 5 rings (SSSR count). The van der Waals surface area contributed by atoms with Gasteiger partial charge < -0.3 is 23.6 Å². The number of likely N-dealkylation sites (tertiary alicyclic amines) is 1. The van der Waals surface area contributed by atoms with Crippen LogP contribution in [0.2, 0.25) is 0 Å². The van der Waals surface area contributed by atoms with Crippen molar-refractivity contribution in [3.05, 3.63) is 64.3 Å². The van der Waals surface area contributed by atoms with Crippen molar-refractivity contribution in [3.63, 3.8) is 0 Å². The molecule has 0 N–H and O–H groups in total. The Hall–Kier alpha value is -3.37. The molecule has 0 bridgehead atoms. The van der Waals surface area contributed by atoms with Crippen molar-refractivity contribution in [3.8, 4) is 17.3 Å². The van der Waals surface area contributed by atoms with E-state index in [1.807, 2.05) is 24.3 Å². The fourth-order valence-electron chi connectivity index (χ4n) is 5.75. The lowest BCUT2D eigenvalue weighted by Crippen LogP contribution is -2.46. The molecule has 1 aromatic carbocycles. The number of ether oxygens (including phenoxy) is 1. The maximum Gasteiger partial charge on any atom is 0.345 e. The van der Waals surface area contributed by atoms with E-state index >= 15 is 0 Å². The molecule has 1 saturated heterocycles. The molecule has 0 radical (unpaired) electrons. The van der Waals surface area contributed by atoms with Crippen molar-refractivity contribution in [2.24, 2.45) is 12.5 Å². The van der Waals surface area contributed by atoms with Crippen LogP contribution in [0.3, 0.4) is 0 Å². The number of methoxy groups -OCH3 is 1. The number of carboxylic acids is 1. The van der Waals surface area contributed by atoms with Crippen LogP contribution in [0.1, 0.15) is 56.2 Å². The first-order chi connectivity index (χ1) is 18.7. The summed E-state index contributed by atoms with van der Waals surface area (Å²) in [5, 5.41) is 12.0. The predicted octanol–water partition coefficient (Wildman–Crippen LogP) is 2.65. The Morgan fingerprint density at radius 3 is 2.59 bits per heavy atom. The largest absolute Gasteiger partial charge is 0.550 e. The molecule has 0 saturated carbocycles. The summed E-state index contributed by atoms with van der Waals surface area (Å²) in [6, 6.07) is 9.44. The first-order valence-electron chi connectivity index (χ1n) is 13.1. The Bertz CT molecular complexity index is 1440. The van der Waals surface area contributed by atoms with E-state index in [9.17, 15) is 19.5 Å². The number of carbonyl (C=O) groups is 2. The van der Waals surface area contributed by atoms with Gasteiger partial charge in [0.25, 0.3) is 5.56 Å². The van der Waals surface area contributed by atoms with Crippen LogP contribution in [-0.2, 0) is 27.5 Å². The normalized spacial score (nSPS) is 20.6. The SMILES string of the molecule is COc1ccccc1C(C[S+]1C(=O)C(C(C)(C)C(=O)[O-])c2c1cc(-c1ncco1)n(C)c2=O)N1CCCCC1. The summed E-state index contributed by atoms with van der Waals surface area (Å²) in [5.74, 6) is -1.09. The van der Waals surface area contributed by atoms with Gasteiger partial charge in [-0.05, 0) is 32.0 Å². The minimum atomic E-state index is -1.57. The van der Waals surface area contributed by atoms with E-state index in [2.05, 4.69) is 9.88 Å². The van der Waals surface area contributed by atoms with Crippen molar-refractivity contribution < 1.29 is 23.8 Å². The zero-order chi connectivity index (χ0) is 27.9. The third-order valence-corrected chi connectivity index (χ3v) is 10.3. The standard InChI is InChI=1S/C29H33N3O6S/c1-29(2,28(35)36)24-23-22(16-19(31(3)26(23)33)25-30-12-15-38-25)39(27(24)34)17-20(32-13-8-5-9-14-32)18-10-6-7-11-21(18)37-4/h6-7,10-12,15-16,20,24H,5,8-9,13-14,17H2,1-4H3. The number of rotatable bonds is 8. The van der Waals surface area contributed by atoms with E-state index in [0.717, 1.165) is 43.7 Å². The van der Waals surface area contributed by atoms with Crippen molar-refractivity contribution in [2.75, 3.05) is 26.0 Å². The van der Waals surface area contributed by atoms with E-state index in [-0.39, 0.29) is 22.6 Å². The third-order valence-electron chi connectivity index (χ3n) is 8.02. The maximum atomic E-state index is 14.3. The first kappa shape index (κ1) is 27.2. The van der Waals surface area contributed by atoms with Crippen LogP contribution in [-0.4, -0.2) is 51.5 Å². The number of piperidine rings is 1. The lowest BCUT2D eigenvalue weighted by molar-refractivity contribution is -0.318. The molecule has 2 aliphatic rings. The van der Waals surface area contributed by atoms with Gasteiger partial charge in [0.2, 0.25) is 5.89 Å². The molecule has 0 spiro atoms. The summed E-state index contributed by atoms with van der Waals surface area (Å²) >= 11 is 0. The second-order valence-corrected chi connectivity index (χ2v) is 12.6. The van der Waals surface area contributed by atoms with E-state index in [0.29, 0.717) is 16.3 Å². The number of hydrogen-bond acceptors (Lipinski definition) is 8. The molecule has 10 heteroatoms. The zero-order valence-electron chi connectivity index (χ0n) is 22.6. The summed E-state index contributed by atoms with van der Waals surface area (Å²) in [4.78, 5) is 47.5. The number of hydrogen-bond donors (Lipinski definition) is 0. The number of carboxylic acid groups (broad SMARTS) is 1. The number of pyridine rings is 1. The first-order valence-corrected chi connectivity index (χ1v) is 14.5. The highest BCUT2D eigenvalue weighted by Crippen LogP contribution is 2.48. The van der Waals surface area contributed by atoms with Crippen LogP contribution in [0.15, 0.2) is 56.9 Å². The highest BCUT2D eigenvalue weighted by molar-refractivity contribution is 8.11. The number of aromatic nitrogens is 2. The van der Waals surface area contributed by atoms with E-state index in [1.54, 1.807) is 20.2 Å². The Labute approximate surface area is 230 Å². The molecule has 0 amide bonds. The molecule has 3 atom stereocenters. The van der Waals surface area contributed by atoms with Gasteiger partial charge in [-0.3, -0.25) is 9.69 Å². The minimum Gasteiger partial charge on any atom is -0.550 e. The summed E-state index contributed by atoms with van der Waals surface area (Å²) in [6.45, 7) is 4.69. The van der Waals surface area contributed by atoms with Gasteiger partial charge >= 0.3 is 5.12 Å². The molecule has 39 heavy (non-hydrogen) atoms. The topological polar surface area (TPSA) is 118 Å². The van der Waals surface area contributed by atoms with Crippen LogP contribution in [0, 0.1) is 5.41 Å². The minimum absolute atomic E-state index is 0.152. The highest BCUT2D eigenvalue weighted by Gasteiger charge is 2.58. The quantitative estimate of drug-likeness (QED) is 0.392. The van der Waals surface area contributed by atoms with Gasteiger partial charge in [0.1, 0.15) is 40.3 Å². The number of oxazole rings is 1. The molecule has 2 aromatic heterocycles. The van der Waals surface area contributed by atoms with Crippen molar-refractivity contribution in [1.82, 2.24) is 14.5 Å². The fourth-order valence-corrected chi connectivity index (χ4v) is 8.44. The molecule has 3 unspecified atom stereocenters. The van der Waals surface area contributed by atoms with Gasteiger partial charge in [-0.1, -0.05) is 38.5 Å². The molecule has 3 aromatic rings. The lowest BCUT2D eigenvalue weighted by atomic mass is 9.76. The van der Waals surface area contributed by atoms with Crippen LogP contribution < -0.4 is 15.4 Å². The smallest absolute Gasteiger partial charge is 0.345 e. The number of fused-ring (bicyclic) bond motifs is 1. The van der Waals surface area contributed by atoms with Crippen LogP contribution in [0.25, 0.3) is 11.6 Å². The number of aliphatic carboxylic acids is 1. The number of nitrogens with zero attached hydrogens (tertiary/aromatic N) is 3. The Kier molecular flexibility index (Phi) is 7.43. The van der Waals surface area contributed by atoms with Crippen molar-refractivity contribution in [1.29, 1.82) is 0 Å². The van der Waals surface area contributed by atoms with Crippen LogP contribution >= 0.6 is 0 Å². The van der Waals surface area contributed by atoms with Gasteiger partial charge in [0.05, 0.1) is 24.9 Å². The summed E-state index contributed by atoms with van der Waals surface area (Å²) in [6.07, 6.45) is 6.18. The molecule has 9 nitrogen and oxygen atoms in total. The van der Waals surface area contributed by atoms with E-state index in [4.69, 9.17) is 9.15 Å².